The third-order valence-electron chi connectivity index (χ3n) is 2.33. The number of benzene rings is 1. The molecule has 0 fully saturated rings. The SMILES string of the molecule is NCCSCC1Cc2cc(Cl)ccc2O1. The fourth-order valence-electron chi connectivity index (χ4n) is 1.68. The Morgan fingerprint density at radius 2 is 2.40 bits per heavy atom. The maximum Gasteiger partial charge on any atom is 0.123 e. The smallest absolute Gasteiger partial charge is 0.123 e. The highest BCUT2D eigenvalue weighted by atomic mass is 35.5. The normalized spacial score (nSPS) is 18.7. The van der Waals surface area contributed by atoms with Crippen LogP contribution in [0.15, 0.2) is 18.2 Å². The average Bonchev–Trinajstić information content (AvgIpc) is 2.60. The van der Waals surface area contributed by atoms with Gasteiger partial charge >= 0.3 is 0 Å². The largest absolute Gasteiger partial charge is 0.489 e. The van der Waals surface area contributed by atoms with Crippen molar-refractivity contribution in [3.05, 3.63) is 28.8 Å². The highest BCUT2D eigenvalue weighted by Gasteiger charge is 2.22. The molecule has 1 unspecified atom stereocenters. The van der Waals surface area contributed by atoms with Crippen LogP contribution in [0, 0.1) is 0 Å². The van der Waals surface area contributed by atoms with Crippen LogP contribution in [0.2, 0.25) is 5.02 Å². The summed E-state index contributed by atoms with van der Waals surface area (Å²) in [6.45, 7) is 0.732. The lowest BCUT2D eigenvalue weighted by atomic mass is 10.1. The van der Waals surface area contributed by atoms with E-state index in [1.165, 1.54) is 5.56 Å². The number of halogens is 1. The molecule has 1 aromatic rings. The minimum atomic E-state index is 0.287. The van der Waals surface area contributed by atoms with Gasteiger partial charge in [0.15, 0.2) is 0 Å². The molecule has 0 radical (unpaired) electrons. The van der Waals surface area contributed by atoms with Crippen LogP contribution in [-0.4, -0.2) is 24.2 Å². The van der Waals surface area contributed by atoms with Gasteiger partial charge in [0, 0.05) is 29.5 Å². The van der Waals surface area contributed by atoms with Gasteiger partial charge in [-0.3, -0.25) is 0 Å². The Bertz CT molecular complexity index is 345. The lowest BCUT2D eigenvalue weighted by molar-refractivity contribution is 0.259. The van der Waals surface area contributed by atoms with Crippen LogP contribution >= 0.6 is 23.4 Å². The van der Waals surface area contributed by atoms with Crippen molar-refractivity contribution in [1.29, 1.82) is 0 Å². The van der Waals surface area contributed by atoms with Crippen LogP contribution in [0.3, 0.4) is 0 Å². The Hall–Kier alpha value is -0.380. The molecule has 0 spiro atoms. The van der Waals surface area contributed by atoms with Crippen molar-refractivity contribution in [2.24, 2.45) is 5.73 Å². The van der Waals surface area contributed by atoms with Crippen molar-refractivity contribution in [3.63, 3.8) is 0 Å². The first-order valence-corrected chi connectivity index (χ1v) is 6.56. The Morgan fingerprint density at radius 3 is 3.20 bits per heavy atom. The van der Waals surface area contributed by atoms with Crippen molar-refractivity contribution >= 4 is 23.4 Å². The van der Waals surface area contributed by atoms with Gasteiger partial charge in [0.1, 0.15) is 11.9 Å². The predicted molar refractivity (Wildman–Crippen MR) is 66.0 cm³/mol. The number of rotatable bonds is 4. The van der Waals surface area contributed by atoms with E-state index in [1.807, 2.05) is 30.0 Å². The quantitative estimate of drug-likeness (QED) is 0.825. The highest BCUT2D eigenvalue weighted by Crippen LogP contribution is 2.31. The molecule has 15 heavy (non-hydrogen) atoms. The lowest BCUT2D eigenvalue weighted by Gasteiger charge is -2.09. The Kier molecular flexibility index (Phi) is 3.78. The lowest BCUT2D eigenvalue weighted by Crippen LogP contribution is -2.17. The summed E-state index contributed by atoms with van der Waals surface area (Å²) < 4.78 is 5.79. The van der Waals surface area contributed by atoms with Gasteiger partial charge in [-0.15, -0.1) is 0 Å². The van der Waals surface area contributed by atoms with Gasteiger partial charge in [0.2, 0.25) is 0 Å². The van der Waals surface area contributed by atoms with E-state index in [4.69, 9.17) is 22.1 Å². The van der Waals surface area contributed by atoms with Crippen LogP contribution < -0.4 is 10.5 Å². The molecule has 0 aliphatic carbocycles. The number of thioether (sulfide) groups is 1. The molecular weight excluding hydrogens is 230 g/mol. The van der Waals surface area contributed by atoms with Gasteiger partial charge < -0.3 is 10.5 Å². The number of hydrogen-bond donors (Lipinski definition) is 1. The maximum absolute atomic E-state index is 5.92. The molecule has 0 amide bonds. The second-order valence-corrected chi connectivity index (χ2v) is 5.15. The van der Waals surface area contributed by atoms with Gasteiger partial charge in [-0.25, -0.2) is 0 Å². The van der Waals surface area contributed by atoms with Gasteiger partial charge in [-0.2, -0.15) is 11.8 Å². The molecule has 1 aliphatic heterocycles. The van der Waals surface area contributed by atoms with Gasteiger partial charge in [0.25, 0.3) is 0 Å². The molecule has 0 aromatic heterocycles. The molecule has 2 rings (SSSR count). The molecule has 1 atom stereocenters. The summed E-state index contributed by atoms with van der Waals surface area (Å²) in [5.41, 5.74) is 6.66. The molecule has 4 heteroatoms. The van der Waals surface area contributed by atoms with E-state index in [2.05, 4.69) is 0 Å². The van der Waals surface area contributed by atoms with Crippen molar-refractivity contribution in [2.45, 2.75) is 12.5 Å². The summed E-state index contributed by atoms with van der Waals surface area (Å²) in [6, 6.07) is 5.81. The zero-order chi connectivity index (χ0) is 10.7. The van der Waals surface area contributed by atoms with E-state index < -0.39 is 0 Å². The third kappa shape index (κ3) is 2.80. The number of nitrogens with two attached hydrogens (primary N) is 1. The molecule has 0 saturated carbocycles. The Balaban J connectivity index is 1.91. The van der Waals surface area contributed by atoms with Gasteiger partial charge in [-0.05, 0) is 23.8 Å². The monoisotopic (exact) mass is 243 g/mol. The first-order valence-electron chi connectivity index (χ1n) is 5.02. The molecule has 0 bridgehead atoms. The second-order valence-electron chi connectivity index (χ2n) is 3.56. The van der Waals surface area contributed by atoms with Gasteiger partial charge in [0.05, 0.1) is 0 Å². The Labute approximate surface area is 99.1 Å². The topological polar surface area (TPSA) is 35.2 Å². The van der Waals surface area contributed by atoms with Gasteiger partial charge in [-0.1, -0.05) is 11.6 Å². The van der Waals surface area contributed by atoms with E-state index in [9.17, 15) is 0 Å². The van der Waals surface area contributed by atoms with Crippen molar-refractivity contribution in [1.82, 2.24) is 0 Å². The van der Waals surface area contributed by atoms with Crippen LogP contribution in [0.4, 0.5) is 0 Å². The van der Waals surface area contributed by atoms with Crippen molar-refractivity contribution < 1.29 is 4.74 Å². The fourth-order valence-corrected chi connectivity index (χ4v) is 2.66. The molecule has 1 aromatic carbocycles. The maximum atomic E-state index is 5.92. The number of ether oxygens (including phenoxy) is 1. The molecule has 0 saturated heterocycles. The fraction of sp³-hybridized carbons (Fsp3) is 0.455. The van der Waals surface area contributed by atoms with Crippen molar-refractivity contribution in [3.8, 4) is 5.75 Å². The zero-order valence-electron chi connectivity index (χ0n) is 8.41. The Morgan fingerprint density at radius 1 is 1.53 bits per heavy atom. The number of fused-ring (bicyclic) bond motifs is 1. The summed E-state index contributed by atoms with van der Waals surface area (Å²) in [7, 11) is 0. The average molecular weight is 244 g/mol. The summed E-state index contributed by atoms with van der Waals surface area (Å²) in [6.07, 6.45) is 1.25. The number of hydrogen-bond acceptors (Lipinski definition) is 3. The summed E-state index contributed by atoms with van der Waals surface area (Å²) in [5, 5.41) is 0.785. The summed E-state index contributed by atoms with van der Waals surface area (Å²) in [5.74, 6) is 2.98. The molecule has 2 N–H and O–H groups in total. The summed E-state index contributed by atoms with van der Waals surface area (Å²) >= 11 is 7.76. The van der Waals surface area contributed by atoms with E-state index in [-0.39, 0.29) is 6.10 Å². The van der Waals surface area contributed by atoms with E-state index >= 15 is 0 Å². The first kappa shape index (κ1) is 11.1. The molecule has 1 aliphatic rings. The standard InChI is InChI=1S/C11H14ClNOS/c12-9-1-2-11-8(5-9)6-10(14-11)7-15-4-3-13/h1-2,5,10H,3-4,6-7,13H2. The first-order chi connectivity index (χ1) is 7.29. The van der Waals surface area contributed by atoms with Crippen molar-refractivity contribution in [2.75, 3.05) is 18.1 Å². The predicted octanol–water partition coefficient (Wildman–Crippen LogP) is 2.34. The molecule has 82 valence electrons. The third-order valence-corrected chi connectivity index (χ3v) is 3.70. The van der Waals surface area contributed by atoms with Crippen LogP contribution in [0.5, 0.6) is 5.75 Å². The molecular formula is C11H14ClNOS. The molecule has 1 heterocycles. The minimum Gasteiger partial charge on any atom is -0.489 e. The van der Waals surface area contributed by atoms with Crippen LogP contribution in [-0.2, 0) is 6.42 Å². The van der Waals surface area contributed by atoms with E-state index in [0.29, 0.717) is 0 Å². The zero-order valence-corrected chi connectivity index (χ0v) is 9.98. The van der Waals surface area contributed by atoms with Crippen LogP contribution in [0.1, 0.15) is 5.56 Å². The minimum absolute atomic E-state index is 0.287. The second kappa shape index (κ2) is 5.10. The van der Waals surface area contributed by atoms with E-state index in [0.717, 1.165) is 35.2 Å². The highest BCUT2D eigenvalue weighted by molar-refractivity contribution is 7.99. The van der Waals surface area contributed by atoms with E-state index in [1.54, 1.807) is 0 Å². The molecule has 2 nitrogen and oxygen atoms in total. The van der Waals surface area contributed by atoms with Crippen LogP contribution in [0.25, 0.3) is 0 Å². The summed E-state index contributed by atoms with van der Waals surface area (Å²) in [4.78, 5) is 0.